The van der Waals surface area contributed by atoms with Gasteiger partial charge in [-0.2, -0.15) is 0 Å². The second kappa shape index (κ2) is 6.39. The van der Waals surface area contributed by atoms with Crippen LogP contribution in [0.5, 0.6) is 0 Å². The summed E-state index contributed by atoms with van der Waals surface area (Å²) in [5.41, 5.74) is 2.72. The standard InChI is InChI=1S/C16H14O3S/c1-19-15(17)13-8-4-2-6-11(13)10-12-7-3-5-9-14(12)16(18)20/h2-9H,10H2,1H3,(H,18,20). The molecule has 2 aromatic rings. The van der Waals surface area contributed by atoms with Gasteiger partial charge in [0.15, 0.2) is 0 Å². The number of carbonyl (C=O) groups is 2. The molecule has 0 aliphatic carbocycles. The Morgan fingerprint density at radius 2 is 1.45 bits per heavy atom. The third-order valence-electron chi connectivity index (χ3n) is 3.05. The quantitative estimate of drug-likeness (QED) is 0.693. The highest BCUT2D eigenvalue weighted by Gasteiger charge is 2.14. The number of methoxy groups -OCH3 is 1. The fourth-order valence-corrected chi connectivity index (χ4v) is 2.29. The molecule has 0 spiro atoms. The number of esters is 1. The first-order valence-corrected chi connectivity index (χ1v) is 6.55. The second-order valence-corrected chi connectivity index (χ2v) is 4.69. The predicted molar refractivity (Wildman–Crippen MR) is 80.3 cm³/mol. The molecule has 0 unspecified atom stereocenters. The molecule has 0 aliphatic rings. The summed E-state index contributed by atoms with van der Waals surface area (Å²) in [4.78, 5) is 23.2. The van der Waals surface area contributed by atoms with E-state index in [0.717, 1.165) is 11.1 Å². The number of rotatable bonds is 4. The summed E-state index contributed by atoms with van der Waals surface area (Å²) in [5, 5.41) is -0.281. The van der Waals surface area contributed by atoms with E-state index < -0.39 is 0 Å². The Labute approximate surface area is 123 Å². The summed E-state index contributed by atoms with van der Waals surface area (Å²) in [5.74, 6) is -0.379. The molecule has 2 aromatic carbocycles. The summed E-state index contributed by atoms with van der Waals surface area (Å²) in [6, 6.07) is 14.4. The van der Waals surface area contributed by atoms with Crippen LogP contribution in [0.1, 0.15) is 31.8 Å². The van der Waals surface area contributed by atoms with E-state index in [4.69, 9.17) is 4.74 Å². The molecular weight excluding hydrogens is 272 g/mol. The molecule has 0 bridgehead atoms. The zero-order valence-corrected chi connectivity index (χ0v) is 11.9. The van der Waals surface area contributed by atoms with Gasteiger partial charge in [-0.15, -0.1) is 12.6 Å². The predicted octanol–water partition coefficient (Wildman–Crippen LogP) is 3.13. The minimum Gasteiger partial charge on any atom is -0.465 e. The van der Waals surface area contributed by atoms with Crippen LogP contribution in [-0.4, -0.2) is 18.2 Å². The summed E-state index contributed by atoms with van der Waals surface area (Å²) in [6.07, 6.45) is 0.480. The Morgan fingerprint density at radius 3 is 2.00 bits per heavy atom. The summed E-state index contributed by atoms with van der Waals surface area (Å²) >= 11 is 3.88. The molecule has 102 valence electrons. The third kappa shape index (κ3) is 3.08. The number of carbonyl (C=O) groups excluding carboxylic acids is 2. The van der Waals surface area contributed by atoms with Crippen molar-refractivity contribution in [1.29, 1.82) is 0 Å². The fourth-order valence-electron chi connectivity index (χ4n) is 2.07. The van der Waals surface area contributed by atoms with Crippen LogP contribution >= 0.6 is 12.6 Å². The SMILES string of the molecule is COC(=O)c1ccccc1Cc1ccccc1C(=O)S. The van der Waals surface area contributed by atoms with Crippen LogP contribution in [0.4, 0.5) is 0 Å². The zero-order valence-electron chi connectivity index (χ0n) is 11.0. The molecule has 4 heteroatoms. The van der Waals surface area contributed by atoms with Gasteiger partial charge in [-0.1, -0.05) is 42.5 Å². The number of ether oxygens (including phenoxy) is 1. The zero-order chi connectivity index (χ0) is 14.5. The van der Waals surface area contributed by atoms with Crippen molar-refractivity contribution in [3.05, 3.63) is 70.8 Å². The van der Waals surface area contributed by atoms with E-state index in [9.17, 15) is 9.59 Å². The van der Waals surface area contributed by atoms with Gasteiger partial charge in [-0.05, 0) is 23.6 Å². The average Bonchev–Trinajstić information content (AvgIpc) is 2.47. The van der Waals surface area contributed by atoms with Crippen molar-refractivity contribution < 1.29 is 14.3 Å². The van der Waals surface area contributed by atoms with Crippen LogP contribution in [0.3, 0.4) is 0 Å². The van der Waals surface area contributed by atoms with Crippen LogP contribution < -0.4 is 0 Å². The smallest absolute Gasteiger partial charge is 0.338 e. The van der Waals surface area contributed by atoms with Crippen molar-refractivity contribution in [2.24, 2.45) is 0 Å². The Balaban J connectivity index is 2.41. The van der Waals surface area contributed by atoms with Crippen molar-refractivity contribution in [3.63, 3.8) is 0 Å². The van der Waals surface area contributed by atoms with Crippen molar-refractivity contribution in [3.8, 4) is 0 Å². The molecule has 0 radical (unpaired) electrons. The summed E-state index contributed by atoms with van der Waals surface area (Å²) in [6.45, 7) is 0. The molecule has 3 nitrogen and oxygen atoms in total. The highest BCUT2D eigenvalue weighted by atomic mass is 32.1. The lowest BCUT2D eigenvalue weighted by molar-refractivity contribution is 0.0599. The lowest BCUT2D eigenvalue weighted by atomic mass is 9.97. The highest BCUT2D eigenvalue weighted by molar-refractivity contribution is 7.97. The molecule has 20 heavy (non-hydrogen) atoms. The van der Waals surface area contributed by atoms with Gasteiger partial charge in [-0.25, -0.2) is 4.79 Å². The van der Waals surface area contributed by atoms with Crippen LogP contribution in [0.2, 0.25) is 0 Å². The summed E-state index contributed by atoms with van der Waals surface area (Å²) < 4.78 is 4.77. The van der Waals surface area contributed by atoms with Crippen molar-refractivity contribution in [2.45, 2.75) is 6.42 Å². The maximum absolute atomic E-state index is 11.7. The number of benzene rings is 2. The third-order valence-corrected chi connectivity index (χ3v) is 3.29. The molecule has 0 heterocycles. The van der Waals surface area contributed by atoms with E-state index >= 15 is 0 Å². The van der Waals surface area contributed by atoms with Crippen molar-refractivity contribution in [1.82, 2.24) is 0 Å². The molecule has 0 saturated carbocycles. The van der Waals surface area contributed by atoms with Crippen LogP contribution in [-0.2, 0) is 11.2 Å². The van der Waals surface area contributed by atoms with Gasteiger partial charge in [0.1, 0.15) is 0 Å². The molecule has 0 atom stereocenters. The lowest BCUT2D eigenvalue weighted by Crippen LogP contribution is -2.07. The first-order valence-electron chi connectivity index (χ1n) is 6.11. The van der Waals surface area contributed by atoms with Gasteiger partial charge in [0.05, 0.1) is 12.7 Å². The highest BCUT2D eigenvalue weighted by Crippen LogP contribution is 2.19. The largest absolute Gasteiger partial charge is 0.465 e. The fraction of sp³-hybridized carbons (Fsp3) is 0.125. The molecule has 0 aliphatic heterocycles. The normalized spacial score (nSPS) is 10.1. The minimum atomic E-state index is -0.379. The first kappa shape index (κ1) is 14.3. The molecule has 0 saturated heterocycles. The number of hydrogen-bond acceptors (Lipinski definition) is 3. The van der Waals surface area contributed by atoms with Crippen LogP contribution in [0.15, 0.2) is 48.5 Å². The van der Waals surface area contributed by atoms with Gasteiger partial charge >= 0.3 is 5.97 Å². The topological polar surface area (TPSA) is 43.4 Å². The van der Waals surface area contributed by atoms with Gasteiger partial charge < -0.3 is 4.74 Å². The Bertz CT molecular complexity index is 650. The van der Waals surface area contributed by atoms with Crippen LogP contribution in [0, 0.1) is 0 Å². The number of hydrogen-bond donors (Lipinski definition) is 1. The maximum atomic E-state index is 11.7. The number of thiol groups is 1. The molecule has 0 N–H and O–H groups in total. The van der Waals surface area contributed by atoms with Gasteiger partial charge in [0.2, 0.25) is 5.12 Å². The second-order valence-electron chi connectivity index (χ2n) is 4.29. The van der Waals surface area contributed by atoms with Gasteiger partial charge in [-0.3, -0.25) is 4.79 Å². The molecule has 2 rings (SSSR count). The van der Waals surface area contributed by atoms with E-state index in [1.165, 1.54) is 7.11 Å². The molecular formula is C16H14O3S. The van der Waals surface area contributed by atoms with E-state index in [1.807, 2.05) is 24.3 Å². The minimum absolute atomic E-state index is 0.281. The first-order chi connectivity index (χ1) is 9.63. The molecule has 0 amide bonds. The maximum Gasteiger partial charge on any atom is 0.338 e. The van der Waals surface area contributed by atoms with E-state index in [2.05, 4.69) is 12.6 Å². The van der Waals surface area contributed by atoms with Crippen molar-refractivity contribution in [2.75, 3.05) is 7.11 Å². The van der Waals surface area contributed by atoms with Gasteiger partial charge in [0.25, 0.3) is 0 Å². The Morgan fingerprint density at radius 1 is 0.950 bits per heavy atom. The summed E-state index contributed by atoms with van der Waals surface area (Å²) in [7, 11) is 1.35. The Hall–Kier alpha value is -2.07. The van der Waals surface area contributed by atoms with E-state index in [-0.39, 0.29) is 11.1 Å². The lowest BCUT2D eigenvalue weighted by Gasteiger charge is -2.10. The van der Waals surface area contributed by atoms with E-state index in [1.54, 1.807) is 24.3 Å². The van der Waals surface area contributed by atoms with E-state index in [0.29, 0.717) is 17.5 Å². The molecule has 0 aromatic heterocycles. The average molecular weight is 286 g/mol. The molecule has 0 fully saturated rings. The van der Waals surface area contributed by atoms with Crippen molar-refractivity contribution >= 4 is 23.7 Å². The van der Waals surface area contributed by atoms with Gasteiger partial charge in [0, 0.05) is 5.56 Å². The van der Waals surface area contributed by atoms with Crippen LogP contribution in [0.25, 0.3) is 0 Å². The Kier molecular flexibility index (Phi) is 4.58. The monoisotopic (exact) mass is 286 g/mol.